The minimum atomic E-state index is -0.121. The van der Waals surface area contributed by atoms with E-state index in [0.29, 0.717) is 5.75 Å². The van der Waals surface area contributed by atoms with Crippen LogP contribution in [0.25, 0.3) is 0 Å². The van der Waals surface area contributed by atoms with Crippen LogP contribution in [0.3, 0.4) is 0 Å². The van der Waals surface area contributed by atoms with Gasteiger partial charge in [-0.25, -0.2) is 0 Å². The van der Waals surface area contributed by atoms with E-state index in [-0.39, 0.29) is 31.1 Å². The molecule has 0 radical (unpaired) electrons. The van der Waals surface area contributed by atoms with Crippen molar-refractivity contribution in [2.24, 2.45) is 5.92 Å². The summed E-state index contributed by atoms with van der Waals surface area (Å²) < 4.78 is 5.37. The Kier molecular flexibility index (Phi) is 4.59. The van der Waals surface area contributed by atoms with Crippen LogP contribution < -0.4 is 10.1 Å². The summed E-state index contributed by atoms with van der Waals surface area (Å²) in [6.07, 6.45) is 3.00. The van der Waals surface area contributed by atoms with Crippen molar-refractivity contribution in [1.29, 1.82) is 0 Å². The summed E-state index contributed by atoms with van der Waals surface area (Å²) in [5.41, 5.74) is 0. The minimum Gasteiger partial charge on any atom is -0.484 e. The fourth-order valence-electron chi connectivity index (χ4n) is 2.36. The Morgan fingerprint density at radius 3 is 2.83 bits per heavy atom. The van der Waals surface area contributed by atoms with Crippen LogP contribution in [-0.2, 0) is 4.79 Å². The van der Waals surface area contributed by atoms with Crippen LogP contribution in [0.2, 0.25) is 0 Å². The molecule has 18 heavy (non-hydrogen) atoms. The van der Waals surface area contributed by atoms with Gasteiger partial charge in [-0.15, -0.1) is 0 Å². The fraction of sp³-hybridized carbons (Fsp3) is 0.500. The summed E-state index contributed by atoms with van der Waals surface area (Å²) in [6, 6.07) is 9.37. The molecule has 0 bridgehead atoms. The molecular weight excluding hydrogens is 230 g/mol. The largest absolute Gasteiger partial charge is 0.484 e. The van der Waals surface area contributed by atoms with E-state index in [0.717, 1.165) is 19.3 Å². The quantitative estimate of drug-likeness (QED) is 0.828. The van der Waals surface area contributed by atoms with Gasteiger partial charge in [-0.3, -0.25) is 4.79 Å². The van der Waals surface area contributed by atoms with Gasteiger partial charge < -0.3 is 15.2 Å². The second kappa shape index (κ2) is 6.40. The number of aliphatic hydroxyl groups is 1. The molecule has 0 heterocycles. The molecule has 1 aromatic rings. The van der Waals surface area contributed by atoms with Gasteiger partial charge in [-0.05, 0) is 25.0 Å². The van der Waals surface area contributed by atoms with E-state index >= 15 is 0 Å². The van der Waals surface area contributed by atoms with Crippen molar-refractivity contribution >= 4 is 5.91 Å². The zero-order valence-corrected chi connectivity index (χ0v) is 10.3. The first-order chi connectivity index (χ1) is 8.79. The number of hydrogen-bond acceptors (Lipinski definition) is 3. The second-order valence-corrected chi connectivity index (χ2v) is 4.65. The van der Waals surface area contributed by atoms with Crippen LogP contribution in [0, 0.1) is 5.92 Å². The van der Waals surface area contributed by atoms with Crippen molar-refractivity contribution in [2.45, 2.75) is 25.3 Å². The Bertz CT molecular complexity index is 380. The Hall–Kier alpha value is -1.55. The summed E-state index contributed by atoms with van der Waals surface area (Å²) >= 11 is 0. The van der Waals surface area contributed by atoms with Crippen molar-refractivity contribution in [3.8, 4) is 5.75 Å². The molecule has 98 valence electrons. The summed E-state index contributed by atoms with van der Waals surface area (Å²) in [4.78, 5) is 11.7. The molecule has 2 N–H and O–H groups in total. The molecule has 4 nitrogen and oxygen atoms in total. The lowest BCUT2D eigenvalue weighted by molar-refractivity contribution is -0.124. The number of rotatable bonds is 5. The molecule has 2 atom stereocenters. The predicted octanol–water partition coefficient (Wildman–Crippen LogP) is 1.34. The zero-order chi connectivity index (χ0) is 12.8. The summed E-state index contributed by atoms with van der Waals surface area (Å²) in [5.74, 6) is 0.771. The standard InChI is InChI=1S/C14H19NO3/c16-9-11-5-4-8-13(11)15-14(17)10-18-12-6-2-1-3-7-12/h1-3,6-7,11,13,16H,4-5,8-10H2,(H,15,17). The molecule has 1 saturated carbocycles. The Morgan fingerprint density at radius 2 is 2.11 bits per heavy atom. The number of benzene rings is 1. The number of para-hydroxylation sites is 1. The van der Waals surface area contributed by atoms with Gasteiger partial charge in [0.1, 0.15) is 5.75 Å². The smallest absolute Gasteiger partial charge is 0.258 e. The highest BCUT2D eigenvalue weighted by molar-refractivity contribution is 5.77. The van der Waals surface area contributed by atoms with Gasteiger partial charge in [0.05, 0.1) is 0 Å². The molecule has 0 aromatic heterocycles. The van der Waals surface area contributed by atoms with Crippen LogP contribution in [0.4, 0.5) is 0 Å². The monoisotopic (exact) mass is 249 g/mol. The molecule has 1 amide bonds. The van der Waals surface area contributed by atoms with E-state index in [4.69, 9.17) is 4.74 Å². The predicted molar refractivity (Wildman–Crippen MR) is 68.3 cm³/mol. The summed E-state index contributed by atoms with van der Waals surface area (Å²) in [5, 5.41) is 12.1. The topological polar surface area (TPSA) is 58.6 Å². The van der Waals surface area contributed by atoms with Gasteiger partial charge in [0.25, 0.3) is 5.91 Å². The maximum Gasteiger partial charge on any atom is 0.258 e. The number of nitrogens with one attached hydrogen (secondary N) is 1. The first-order valence-electron chi connectivity index (χ1n) is 6.37. The first-order valence-corrected chi connectivity index (χ1v) is 6.37. The number of carbonyl (C=O) groups excluding carboxylic acids is 1. The molecule has 2 unspecified atom stereocenters. The highest BCUT2D eigenvalue weighted by Gasteiger charge is 2.27. The van der Waals surface area contributed by atoms with Gasteiger partial charge in [0.15, 0.2) is 6.61 Å². The summed E-state index contributed by atoms with van der Waals surface area (Å²) in [7, 11) is 0. The SMILES string of the molecule is O=C(COc1ccccc1)NC1CCCC1CO. The maximum absolute atomic E-state index is 11.7. The average Bonchev–Trinajstić information content (AvgIpc) is 2.85. The van der Waals surface area contributed by atoms with Crippen LogP contribution in [-0.4, -0.2) is 30.3 Å². The number of amides is 1. The van der Waals surface area contributed by atoms with Gasteiger partial charge in [0.2, 0.25) is 0 Å². The molecule has 4 heteroatoms. The Morgan fingerprint density at radius 1 is 1.33 bits per heavy atom. The molecule has 0 saturated heterocycles. The molecule has 0 spiro atoms. The second-order valence-electron chi connectivity index (χ2n) is 4.65. The van der Waals surface area contributed by atoms with Crippen molar-refractivity contribution < 1.29 is 14.6 Å². The van der Waals surface area contributed by atoms with E-state index in [9.17, 15) is 9.90 Å². The highest BCUT2D eigenvalue weighted by atomic mass is 16.5. The van der Waals surface area contributed by atoms with Gasteiger partial charge in [-0.1, -0.05) is 24.6 Å². The number of carbonyl (C=O) groups is 1. The third-order valence-corrected chi connectivity index (χ3v) is 3.35. The molecule has 2 rings (SSSR count). The summed E-state index contributed by atoms with van der Waals surface area (Å²) in [6.45, 7) is 0.170. The molecule has 1 fully saturated rings. The minimum absolute atomic E-state index is 0.0265. The van der Waals surface area contributed by atoms with E-state index in [1.165, 1.54) is 0 Å². The lowest BCUT2D eigenvalue weighted by atomic mass is 10.1. The maximum atomic E-state index is 11.7. The van der Waals surface area contributed by atoms with Crippen LogP contribution >= 0.6 is 0 Å². The van der Waals surface area contributed by atoms with Crippen molar-refractivity contribution in [1.82, 2.24) is 5.32 Å². The Balaban J connectivity index is 1.75. The lowest BCUT2D eigenvalue weighted by Gasteiger charge is -2.19. The van der Waals surface area contributed by atoms with Crippen molar-refractivity contribution in [3.05, 3.63) is 30.3 Å². The normalized spacial score (nSPS) is 22.7. The number of ether oxygens (including phenoxy) is 1. The fourth-order valence-corrected chi connectivity index (χ4v) is 2.36. The number of hydrogen-bond donors (Lipinski definition) is 2. The van der Waals surface area contributed by atoms with Crippen molar-refractivity contribution in [2.75, 3.05) is 13.2 Å². The highest BCUT2D eigenvalue weighted by Crippen LogP contribution is 2.24. The Labute approximate surface area is 107 Å². The van der Waals surface area contributed by atoms with E-state index < -0.39 is 0 Å². The third-order valence-electron chi connectivity index (χ3n) is 3.35. The molecule has 1 aromatic carbocycles. The number of aliphatic hydroxyl groups excluding tert-OH is 1. The van der Waals surface area contributed by atoms with Crippen LogP contribution in [0.1, 0.15) is 19.3 Å². The lowest BCUT2D eigenvalue weighted by Crippen LogP contribution is -2.40. The van der Waals surface area contributed by atoms with Crippen LogP contribution in [0.15, 0.2) is 30.3 Å². The van der Waals surface area contributed by atoms with Gasteiger partial charge >= 0.3 is 0 Å². The molecular formula is C14H19NO3. The van der Waals surface area contributed by atoms with E-state index in [1.54, 1.807) is 0 Å². The van der Waals surface area contributed by atoms with Gasteiger partial charge in [0, 0.05) is 18.6 Å². The van der Waals surface area contributed by atoms with Crippen LogP contribution in [0.5, 0.6) is 5.75 Å². The molecule has 1 aliphatic rings. The van der Waals surface area contributed by atoms with E-state index in [2.05, 4.69) is 5.32 Å². The average molecular weight is 249 g/mol. The molecule has 1 aliphatic carbocycles. The van der Waals surface area contributed by atoms with E-state index in [1.807, 2.05) is 30.3 Å². The van der Waals surface area contributed by atoms with Crippen molar-refractivity contribution in [3.63, 3.8) is 0 Å². The first kappa shape index (κ1) is 12.9. The zero-order valence-electron chi connectivity index (χ0n) is 10.3. The molecule has 0 aliphatic heterocycles. The third kappa shape index (κ3) is 3.47. The van der Waals surface area contributed by atoms with Gasteiger partial charge in [-0.2, -0.15) is 0 Å².